The van der Waals surface area contributed by atoms with Crippen molar-refractivity contribution >= 4 is 33.7 Å². The molecule has 0 bridgehead atoms. The first-order valence-corrected chi connectivity index (χ1v) is 22.0. The predicted octanol–water partition coefficient (Wildman–Crippen LogP) is 5.96. The van der Waals surface area contributed by atoms with Crippen LogP contribution in [0.15, 0.2) is 132 Å². The number of allylic oxidation sites excluding steroid dienone is 2. The second-order valence-corrected chi connectivity index (χ2v) is 24.4. The van der Waals surface area contributed by atoms with Crippen LogP contribution in [0.25, 0.3) is 56.0 Å². The van der Waals surface area contributed by atoms with E-state index in [1.807, 2.05) is 0 Å². The van der Waals surface area contributed by atoms with Crippen LogP contribution in [-0.2, 0) is 20.3 Å². The summed E-state index contributed by atoms with van der Waals surface area (Å²) in [5, 5.41) is 5.33. The monoisotopic (exact) mass is 698 g/mol. The summed E-state index contributed by atoms with van der Waals surface area (Å²) in [5.74, 6) is 0. The summed E-state index contributed by atoms with van der Waals surface area (Å²) in [6, 6.07) is 45.6. The molecule has 0 N–H and O–H groups in total. The summed E-state index contributed by atoms with van der Waals surface area (Å²) in [5.41, 5.74) is 14.9. The third kappa shape index (κ3) is 4.58. The molecule has 2 atom stereocenters. The van der Waals surface area contributed by atoms with Gasteiger partial charge in [-0.1, -0.05) is 0 Å². The maximum absolute atomic E-state index is 2.70. The fraction of sp³-hybridized carbons (Fsp3) is 0.143. The maximum atomic E-state index is 2.57. The Kier molecular flexibility index (Phi) is 7.81. The first-order valence-electron chi connectivity index (χ1n) is 15.7. The van der Waals surface area contributed by atoms with E-state index in [1.165, 1.54) is 63.2 Å². The molecule has 6 aromatic carbocycles. The van der Waals surface area contributed by atoms with E-state index in [-0.39, 0.29) is 24.8 Å². The van der Waals surface area contributed by atoms with E-state index >= 15 is 0 Å². The van der Waals surface area contributed by atoms with Gasteiger partial charge in [-0.05, 0) is 0 Å². The summed E-state index contributed by atoms with van der Waals surface area (Å²) in [6.45, 7) is 4.88. The number of halogens is 2. The fourth-order valence-electron chi connectivity index (χ4n) is 8.91. The smallest absolute Gasteiger partial charge is 1.00 e. The number of hydrogen-bond donors (Lipinski definition) is 0. The van der Waals surface area contributed by atoms with E-state index in [9.17, 15) is 0 Å². The average Bonchev–Trinajstić information content (AvgIpc) is 3.62. The Morgan fingerprint density at radius 1 is 0.444 bits per heavy atom. The van der Waals surface area contributed by atoms with Crippen LogP contribution >= 0.6 is 0 Å². The van der Waals surface area contributed by atoms with Crippen LogP contribution < -0.4 is 24.8 Å². The second-order valence-electron chi connectivity index (χ2n) is 13.0. The number of rotatable bonds is 4. The van der Waals surface area contributed by atoms with Crippen molar-refractivity contribution in [2.24, 2.45) is 0 Å². The van der Waals surface area contributed by atoms with Gasteiger partial charge in [0.05, 0.1) is 0 Å². The number of hydrogen-bond acceptors (Lipinski definition) is 0. The largest absolute Gasteiger partial charge is 1.00 e. The molecule has 0 spiro atoms. The standard InChI is InChI=1S/2C20H15.C2H4.2ClH.Zr/c2*1-14-12-16-8-5-11-19(20(16)13-14)18-10-4-7-15-6-2-3-9-17(15)18;1-2;;;/h2*2-13H,1H3;1-2H2;2*1H;/q;;;;;+2/p-2. The molecule has 6 aromatic rings. The molecule has 1 heterocycles. The zero-order valence-electron chi connectivity index (χ0n) is 25.5. The van der Waals surface area contributed by atoms with E-state index in [2.05, 4.69) is 147 Å². The summed E-state index contributed by atoms with van der Waals surface area (Å²) in [7, 11) is 0. The molecule has 3 aliphatic rings. The van der Waals surface area contributed by atoms with E-state index in [0.29, 0.717) is 7.25 Å². The molecule has 1 saturated heterocycles. The topological polar surface area (TPSA) is 0 Å². The van der Waals surface area contributed by atoms with Crippen molar-refractivity contribution in [2.75, 3.05) is 0 Å². The average molecular weight is 701 g/mol. The van der Waals surface area contributed by atoms with Crippen LogP contribution in [0.4, 0.5) is 0 Å². The molecule has 2 aliphatic carbocycles. The van der Waals surface area contributed by atoms with Gasteiger partial charge in [0.1, 0.15) is 0 Å². The second kappa shape index (κ2) is 11.5. The zero-order valence-corrected chi connectivity index (χ0v) is 29.5. The van der Waals surface area contributed by atoms with Crippen LogP contribution in [0.5, 0.6) is 0 Å². The summed E-state index contributed by atoms with van der Waals surface area (Å²) in [6.07, 6.45) is 5.13. The van der Waals surface area contributed by atoms with Crippen molar-refractivity contribution in [3.63, 3.8) is 0 Å². The molecule has 1 aliphatic heterocycles. The van der Waals surface area contributed by atoms with Gasteiger partial charge in [0.25, 0.3) is 0 Å². The van der Waals surface area contributed by atoms with Gasteiger partial charge in [0.15, 0.2) is 0 Å². The molecule has 3 heteroatoms. The van der Waals surface area contributed by atoms with Crippen molar-refractivity contribution in [1.82, 2.24) is 0 Å². The van der Waals surface area contributed by atoms with Crippen molar-refractivity contribution < 1.29 is 45.1 Å². The summed E-state index contributed by atoms with van der Waals surface area (Å²) < 4.78 is 4.27. The van der Waals surface area contributed by atoms with Gasteiger partial charge >= 0.3 is 260 Å². The Balaban J connectivity index is 0.00000163. The van der Waals surface area contributed by atoms with Crippen LogP contribution in [0.1, 0.15) is 43.4 Å². The third-order valence-corrected chi connectivity index (χ3v) is 24.2. The molecule has 2 unspecified atom stereocenters. The molecule has 220 valence electrons. The molecule has 1 fully saturated rings. The van der Waals surface area contributed by atoms with Gasteiger partial charge in [0, 0.05) is 0 Å². The van der Waals surface area contributed by atoms with Gasteiger partial charge in [-0.15, -0.1) is 0 Å². The van der Waals surface area contributed by atoms with Crippen LogP contribution in [0.2, 0.25) is 8.26 Å². The van der Waals surface area contributed by atoms with Crippen molar-refractivity contribution in [2.45, 2.75) is 29.4 Å². The molecule has 45 heavy (non-hydrogen) atoms. The van der Waals surface area contributed by atoms with Gasteiger partial charge in [-0.3, -0.25) is 0 Å². The van der Waals surface area contributed by atoms with E-state index in [4.69, 9.17) is 0 Å². The minimum atomic E-state index is -2.70. The van der Waals surface area contributed by atoms with Gasteiger partial charge in [-0.25, -0.2) is 0 Å². The fourth-order valence-corrected chi connectivity index (χ4v) is 26.6. The minimum absolute atomic E-state index is 0. The Morgan fingerprint density at radius 2 is 0.822 bits per heavy atom. The van der Waals surface area contributed by atoms with Gasteiger partial charge < -0.3 is 24.8 Å². The van der Waals surface area contributed by atoms with E-state index in [0.717, 1.165) is 0 Å². The molecule has 0 saturated carbocycles. The molecule has 9 rings (SSSR count). The molecule has 0 nitrogen and oxygen atoms in total. The normalized spacial score (nSPS) is 18.1. The Labute approximate surface area is 283 Å². The zero-order chi connectivity index (χ0) is 28.7. The Morgan fingerprint density at radius 3 is 1.27 bits per heavy atom. The van der Waals surface area contributed by atoms with Crippen LogP contribution in [0, 0.1) is 0 Å². The molecular formula is C42H34Cl2Zr. The predicted molar refractivity (Wildman–Crippen MR) is 181 cm³/mol. The molecule has 0 amide bonds. The quantitative estimate of drug-likeness (QED) is 0.213. The molecular weight excluding hydrogens is 667 g/mol. The molecule has 0 aromatic heterocycles. The van der Waals surface area contributed by atoms with Crippen molar-refractivity contribution in [3.8, 4) is 22.3 Å². The maximum Gasteiger partial charge on any atom is -1.00 e. The minimum Gasteiger partial charge on any atom is -1.00 e. The summed E-state index contributed by atoms with van der Waals surface area (Å²) >= 11 is -2.70. The summed E-state index contributed by atoms with van der Waals surface area (Å²) in [4.78, 5) is 0. The number of benzene rings is 6. The first-order chi connectivity index (χ1) is 21.1. The van der Waals surface area contributed by atoms with E-state index < -0.39 is 20.3 Å². The number of fused-ring (bicyclic) bond motifs is 4. The van der Waals surface area contributed by atoms with Crippen molar-refractivity contribution in [3.05, 3.63) is 155 Å². The SMILES string of the molecule is CC1=Cc2c(-c3cccc4ccccc34)cccc2[CH]1[Zr+2]1([CH]2C(C)=Cc3c(-c4cccc5ccccc45)cccc32)[CH2][CH2]1.[Cl-].[Cl-]. The van der Waals surface area contributed by atoms with Crippen molar-refractivity contribution in [1.29, 1.82) is 0 Å². The molecule has 0 radical (unpaired) electrons. The first kappa shape index (κ1) is 30.4. The van der Waals surface area contributed by atoms with Crippen LogP contribution in [0.3, 0.4) is 0 Å². The van der Waals surface area contributed by atoms with Gasteiger partial charge in [0.2, 0.25) is 0 Å². The van der Waals surface area contributed by atoms with Crippen LogP contribution in [-0.4, -0.2) is 0 Å². The third-order valence-electron chi connectivity index (χ3n) is 10.7. The van der Waals surface area contributed by atoms with E-state index in [1.54, 1.807) is 22.3 Å². The van der Waals surface area contributed by atoms with Gasteiger partial charge in [-0.2, -0.15) is 0 Å². The Bertz CT molecular complexity index is 2020. The Hall–Kier alpha value is -3.22.